The molecule has 152 valence electrons. The second kappa shape index (κ2) is 9.59. The Kier molecular flexibility index (Phi) is 6.91. The molecule has 0 aliphatic carbocycles. The average Bonchev–Trinajstić information content (AvgIpc) is 3.17. The second-order valence-corrected chi connectivity index (χ2v) is 6.95. The van der Waals surface area contributed by atoms with E-state index in [2.05, 4.69) is 32.6 Å². The van der Waals surface area contributed by atoms with Crippen LogP contribution in [-0.2, 0) is 6.61 Å². The lowest BCUT2D eigenvalue weighted by atomic mass is 10.2. The fourth-order valence-electron chi connectivity index (χ4n) is 2.39. The number of anilines is 1. The zero-order valence-corrected chi connectivity index (χ0v) is 17.3. The molecule has 0 fully saturated rings. The summed E-state index contributed by atoms with van der Waals surface area (Å²) in [4.78, 5) is 12.4. The van der Waals surface area contributed by atoms with E-state index in [1.54, 1.807) is 6.07 Å². The van der Waals surface area contributed by atoms with E-state index in [4.69, 9.17) is 13.9 Å². The lowest BCUT2D eigenvalue weighted by molar-refractivity contribution is -0.0512. The zero-order chi connectivity index (χ0) is 20.8. The maximum Gasteiger partial charge on any atom is 0.387 e. The Hall–Kier alpha value is -2.82. The van der Waals surface area contributed by atoms with Gasteiger partial charge in [-0.3, -0.25) is 4.79 Å². The highest BCUT2D eigenvalue weighted by Gasteiger charge is 2.15. The van der Waals surface area contributed by atoms with Gasteiger partial charge in [0.15, 0.2) is 17.3 Å². The first-order valence-corrected chi connectivity index (χ1v) is 9.44. The highest BCUT2D eigenvalue weighted by molar-refractivity contribution is 14.1. The number of methoxy groups -OCH3 is 1. The van der Waals surface area contributed by atoms with Crippen molar-refractivity contribution in [1.82, 2.24) is 0 Å². The van der Waals surface area contributed by atoms with Gasteiger partial charge < -0.3 is 23.9 Å². The van der Waals surface area contributed by atoms with Crippen molar-refractivity contribution < 1.29 is 32.2 Å². The average molecular weight is 515 g/mol. The second-order valence-electron chi connectivity index (χ2n) is 5.71. The number of carbonyl (C=O) groups is 1. The van der Waals surface area contributed by atoms with Gasteiger partial charge in [0.05, 0.1) is 7.11 Å². The van der Waals surface area contributed by atoms with Gasteiger partial charge in [-0.2, -0.15) is 8.78 Å². The molecule has 1 amide bonds. The fraction of sp³-hybridized carbons (Fsp3) is 0.150. The van der Waals surface area contributed by atoms with Gasteiger partial charge >= 0.3 is 6.61 Å². The number of rotatable bonds is 8. The summed E-state index contributed by atoms with van der Waals surface area (Å²) in [5.74, 6) is 0.675. The fourth-order valence-corrected chi connectivity index (χ4v) is 2.75. The number of hydrogen-bond acceptors (Lipinski definition) is 5. The molecule has 6 nitrogen and oxygen atoms in total. The number of amides is 1. The molecule has 0 radical (unpaired) electrons. The Morgan fingerprint density at radius 3 is 2.55 bits per heavy atom. The quantitative estimate of drug-likeness (QED) is 0.411. The molecule has 0 atom stereocenters. The van der Waals surface area contributed by atoms with Crippen LogP contribution >= 0.6 is 22.6 Å². The molecule has 1 heterocycles. The number of halogens is 3. The molecule has 1 N–H and O–H groups in total. The van der Waals surface area contributed by atoms with Gasteiger partial charge in [0, 0.05) is 15.3 Å². The Bertz CT molecular complexity index is 975. The smallest absolute Gasteiger partial charge is 0.387 e. The van der Waals surface area contributed by atoms with Crippen molar-refractivity contribution in [3.05, 3.63) is 69.7 Å². The Labute approximate surface area is 178 Å². The summed E-state index contributed by atoms with van der Waals surface area (Å²) < 4.78 is 46.3. The summed E-state index contributed by atoms with van der Waals surface area (Å²) in [5.41, 5.74) is 0.335. The van der Waals surface area contributed by atoms with E-state index in [0.717, 1.165) is 3.57 Å². The van der Waals surface area contributed by atoms with E-state index in [0.29, 0.717) is 17.2 Å². The number of benzene rings is 2. The molecular formula is C20H16F2INO5. The summed E-state index contributed by atoms with van der Waals surface area (Å²) in [6, 6.07) is 14.8. The van der Waals surface area contributed by atoms with Crippen molar-refractivity contribution in [2.24, 2.45) is 0 Å². The van der Waals surface area contributed by atoms with E-state index >= 15 is 0 Å². The van der Waals surface area contributed by atoms with Crippen LogP contribution in [0.15, 0.2) is 59.0 Å². The zero-order valence-electron chi connectivity index (χ0n) is 15.2. The van der Waals surface area contributed by atoms with Gasteiger partial charge in [-0.1, -0.05) is 0 Å². The topological polar surface area (TPSA) is 69.9 Å². The Morgan fingerprint density at radius 1 is 1.10 bits per heavy atom. The molecule has 3 rings (SSSR count). The van der Waals surface area contributed by atoms with Crippen LogP contribution < -0.4 is 19.5 Å². The maximum absolute atomic E-state index is 12.4. The van der Waals surface area contributed by atoms with Gasteiger partial charge in [0.2, 0.25) is 0 Å². The molecule has 0 saturated heterocycles. The predicted octanol–water partition coefficient (Wildman–Crippen LogP) is 5.33. The first-order chi connectivity index (χ1) is 13.9. The molecule has 2 aromatic carbocycles. The van der Waals surface area contributed by atoms with Gasteiger partial charge in [-0.15, -0.1) is 0 Å². The monoisotopic (exact) mass is 515 g/mol. The summed E-state index contributed by atoms with van der Waals surface area (Å²) >= 11 is 2.20. The van der Waals surface area contributed by atoms with Crippen molar-refractivity contribution in [2.45, 2.75) is 13.2 Å². The summed E-state index contributed by atoms with van der Waals surface area (Å²) in [5, 5.41) is 2.61. The first kappa shape index (κ1) is 20.9. The minimum atomic E-state index is -2.98. The summed E-state index contributed by atoms with van der Waals surface area (Å²) in [7, 11) is 1.31. The highest BCUT2D eigenvalue weighted by Crippen LogP contribution is 2.31. The third-order valence-corrected chi connectivity index (χ3v) is 4.44. The number of hydrogen-bond donors (Lipinski definition) is 1. The minimum Gasteiger partial charge on any atom is -0.493 e. The third kappa shape index (κ3) is 5.83. The molecule has 0 saturated carbocycles. The molecule has 9 heteroatoms. The number of alkyl halides is 2. The van der Waals surface area contributed by atoms with Crippen LogP contribution in [0.1, 0.15) is 16.3 Å². The van der Waals surface area contributed by atoms with Crippen molar-refractivity contribution in [3.8, 4) is 17.2 Å². The Morgan fingerprint density at radius 2 is 1.86 bits per heavy atom. The van der Waals surface area contributed by atoms with Gasteiger partial charge in [0.25, 0.3) is 5.91 Å². The van der Waals surface area contributed by atoms with E-state index in [-0.39, 0.29) is 23.9 Å². The van der Waals surface area contributed by atoms with Crippen LogP contribution in [0.25, 0.3) is 0 Å². The number of carbonyl (C=O) groups excluding carboxylic acids is 1. The SMILES string of the molecule is COc1cc(NC(=O)c2ccc(COc3ccc(I)cc3)o2)ccc1OC(F)F. The maximum atomic E-state index is 12.4. The van der Waals surface area contributed by atoms with E-state index in [1.165, 1.54) is 31.4 Å². The molecule has 0 aliphatic heterocycles. The lowest BCUT2D eigenvalue weighted by Crippen LogP contribution is -2.11. The van der Waals surface area contributed by atoms with E-state index in [9.17, 15) is 13.6 Å². The largest absolute Gasteiger partial charge is 0.493 e. The van der Waals surface area contributed by atoms with Gasteiger partial charge in [0.1, 0.15) is 18.1 Å². The van der Waals surface area contributed by atoms with Crippen LogP contribution in [-0.4, -0.2) is 19.6 Å². The van der Waals surface area contributed by atoms with Gasteiger partial charge in [-0.25, -0.2) is 0 Å². The van der Waals surface area contributed by atoms with Crippen molar-refractivity contribution in [1.29, 1.82) is 0 Å². The molecule has 1 aromatic heterocycles. The third-order valence-electron chi connectivity index (χ3n) is 3.72. The number of furan rings is 1. The van der Waals surface area contributed by atoms with Crippen molar-refractivity contribution in [2.75, 3.05) is 12.4 Å². The molecule has 0 bridgehead atoms. The molecular weight excluding hydrogens is 499 g/mol. The number of ether oxygens (including phenoxy) is 3. The number of nitrogens with one attached hydrogen (secondary N) is 1. The highest BCUT2D eigenvalue weighted by atomic mass is 127. The van der Waals surface area contributed by atoms with Gasteiger partial charge in [-0.05, 0) is 71.1 Å². The first-order valence-electron chi connectivity index (χ1n) is 8.36. The molecule has 3 aromatic rings. The van der Waals surface area contributed by atoms with Crippen LogP contribution in [0.5, 0.6) is 17.2 Å². The molecule has 0 unspecified atom stereocenters. The van der Waals surface area contributed by atoms with E-state index < -0.39 is 12.5 Å². The van der Waals surface area contributed by atoms with Crippen molar-refractivity contribution in [3.63, 3.8) is 0 Å². The van der Waals surface area contributed by atoms with Crippen LogP contribution in [0, 0.1) is 3.57 Å². The van der Waals surface area contributed by atoms with Crippen LogP contribution in [0.2, 0.25) is 0 Å². The van der Waals surface area contributed by atoms with Crippen LogP contribution in [0.3, 0.4) is 0 Å². The lowest BCUT2D eigenvalue weighted by Gasteiger charge is -2.11. The molecule has 29 heavy (non-hydrogen) atoms. The minimum absolute atomic E-state index is 0.0640. The van der Waals surface area contributed by atoms with Crippen molar-refractivity contribution >= 4 is 34.2 Å². The van der Waals surface area contributed by atoms with Crippen LogP contribution in [0.4, 0.5) is 14.5 Å². The Balaban J connectivity index is 1.61. The molecule has 0 aliphatic rings. The standard InChI is InChI=1S/C20H16F2INO5/c1-26-18-10-13(4-8-16(18)29-20(21)22)24-19(25)17-9-7-15(28-17)11-27-14-5-2-12(23)3-6-14/h2-10,20H,11H2,1H3,(H,24,25). The summed E-state index contributed by atoms with van der Waals surface area (Å²) in [6.45, 7) is -2.81. The van der Waals surface area contributed by atoms with E-state index in [1.807, 2.05) is 24.3 Å². The molecule has 0 spiro atoms. The summed E-state index contributed by atoms with van der Waals surface area (Å²) in [6.07, 6.45) is 0. The predicted molar refractivity (Wildman–Crippen MR) is 110 cm³/mol. The normalized spacial score (nSPS) is 10.7.